The Hall–Kier alpha value is -1.81. The van der Waals surface area contributed by atoms with Gasteiger partial charge >= 0.3 is 0 Å². The summed E-state index contributed by atoms with van der Waals surface area (Å²) in [6, 6.07) is 12.7. The molecule has 1 aliphatic carbocycles. The maximum absolute atomic E-state index is 12.9. The Labute approximate surface area is 154 Å². The normalized spacial score (nSPS) is 20.4. The van der Waals surface area contributed by atoms with Crippen LogP contribution in [0.25, 0.3) is 0 Å². The zero-order valence-electron chi connectivity index (χ0n) is 14.9. The summed E-state index contributed by atoms with van der Waals surface area (Å²) in [6.45, 7) is 5.74. The van der Waals surface area contributed by atoms with Gasteiger partial charge in [0.05, 0.1) is 4.88 Å². The average Bonchev–Trinajstić information content (AvgIpc) is 3.11. The van der Waals surface area contributed by atoms with Gasteiger partial charge in [-0.2, -0.15) is 0 Å². The number of amides is 1. The molecule has 2 aromatic rings. The van der Waals surface area contributed by atoms with Crippen molar-refractivity contribution in [2.45, 2.75) is 32.6 Å². The molecule has 2 aliphatic rings. The zero-order valence-corrected chi connectivity index (χ0v) is 15.7. The number of benzene rings is 1. The van der Waals surface area contributed by atoms with Crippen molar-refractivity contribution in [2.75, 3.05) is 31.1 Å². The Morgan fingerprint density at radius 3 is 2.64 bits per heavy atom. The number of carbonyl (C=O) groups excluding carboxylic acids is 1. The van der Waals surface area contributed by atoms with E-state index < -0.39 is 0 Å². The standard InChI is InChI=1S/C21H26N2OS/c1-2-16-8-9-19-17(14-16)15-20(25-19)21(24)23-12-10-22(11-13-23)18-6-4-3-5-7-18/h3-7,15-16H,2,8-14H2,1H3/t16-/m1/s1. The molecule has 0 spiro atoms. The summed E-state index contributed by atoms with van der Waals surface area (Å²) in [5.41, 5.74) is 2.70. The van der Waals surface area contributed by atoms with Gasteiger partial charge in [-0.25, -0.2) is 0 Å². The number of hydrogen-bond donors (Lipinski definition) is 0. The molecule has 1 atom stereocenters. The largest absolute Gasteiger partial charge is 0.368 e. The predicted octanol–water partition coefficient (Wildman–Crippen LogP) is 4.23. The Morgan fingerprint density at radius 2 is 1.92 bits per heavy atom. The summed E-state index contributed by atoms with van der Waals surface area (Å²) in [4.78, 5) is 19.7. The highest BCUT2D eigenvalue weighted by Gasteiger charge is 2.26. The molecule has 0 radical (unpaired) electrons. The molecule has 0 saturated carbocycles. The number of hydrogen-bond acceptors (Lipinski definition) is 3. The van der Waals surface area contributed by atoms with Crippen LogP contribution in [-0.4, -0.2) is 37.0 Å². The third-order valence-electron chi connectivity index (χ3n) is 5.66. The highest BCUT2D eigenvalue weighted by molar-refractivity contribution is 7.14. The van der Waals surface area contributed by atoms with Crippen LogP contribution in [0.2, 0.25) is 0 Å². The molecule has 1 aromatic carbocycles. The first-order valence-electron chi connectivity index (χ1n) is 9.45. The first-order chi connectivity index (χ1) is 12.2. The van der Waals surface area contributed by atoms with Crippen molar-refractivity contribution in [1.29, 1.82) is 0 Å². The highest BCUT2D eigenvalue weighted by atomic mass is 32.1. The third kappa shape index (κ3) is 3.45. The summed E-state index contributed by atoms with van der Waals surface area (Å²) in [5.74, 6) is 1.04. The van der Waals surface area contributed by atoms with E-state index >= 15 is 0 Å². The van der Waals surface area contributed by atoms with Gasteiger partial charge in [0.15, 0.2) is 0 Å². The van der Waals surface area contributed by atoms with Gasteiger partial charge in [0.25, 0.3) is 5.91 Å². The van der Waals surface area contributed by atoms with Gasteiger partial charge in [-0.15, -0.1) is 11.3 Å². The molecule has 4 heteroatoms. The topological polar surface area (TPSA) is 23.6 Å². The molecule has 2 heterocycles. The number of nitrogens with zero attached hydrogens (tertiary/aromatic N) is 2. The Bertz CT molecular complexity index is 732. The van der Waals surface area contributed by atoms with Crippen LogP contribution in [0.1, 0.15) is 39.9 Å². The van der Waals surface area contributed by atoms with E-state index in [9.17, 15) is 4.79 Å². The smallest absolute Gasteiger partial charge is 0.264 e. The van der Waals surface area contributed by atoms with Crippen LogP contribution >= 0.6 is 11.3 Å². The van der Waals surface area contributed by atoms with E-state index in [1.807, 2.05) is 11.0 Å². The maximum Gasteiger partial charge on any atom is 0.264 e. The molecular formula is C21H26N2OS. The number of thiophene rings is 1. The van der Waals surface area contributed by atoms with Crippen LogP contribution in [-0.2, 0) is 12.8 Å². The Morgan fingerprint density at radius 1 is 1.16 bits per heavy atom. The number of anilines is 1. The Kier molecular flexibility index (Phi) is 4.80. The number of fused-ring (bicyclic) bond motifs is 1. The molecule has 0 N–H and O–H groups in total. The van der Waals surface area contributed by atoms with E-state index in [-0.39, 0.29) is 5.91 Å². The monoisotopic (exact) mass is 354 g/mol. The number of aryl methyl sites for hydroxylation is 1. The van der Waals surface area contributed by atoms with Gasteiger partial charge in [0.1, 0.15) is 0 Å². The van der Waals surface area contributed by atoms with Crippen LogP contribution in [0.4, 0.5) is 5.69 Å². The van der Waals surface area contributed by atoms with E-state index in [1.165, 1.54) is 29.0 Å². The second-order valence-electron chi connectivity index (χ2n) is 7.19. The van der Waals surface area contributed by atoms with Crippen LogP contribution < -0.4 is 4.90 Å². The quantitative estimate of drug-likeness (QED) is 0.824. The van der Waals surface area contributed by atoms with Gasteiger partial charge in [-0.05, 0) is 48.9 Å². The van der Waals surface area contributed by atoms with Gasteiger partial charge < -0.3 is 9.80 Å². The molecular weight excluding hydrogens is 328 g/mol. The summed E-state index contributed by atoms with van der Waals surface area (Å²) in [5, 5.41) is 0. The van der Waals surface area contributed by atoms with E-state index in [1.54, 1.807) is 11.3 Å². The molecule has 1 amide bonds. The molecule has 3 nitrogen and oxygen atoms in total. The molecule has 132 valence electrons. The van der Waals surface area contributed by atoms with Gasteiger partial charge in [0, 0.05) is 36.7 Å². The lowest BCUT2D eigenvalue weighted by atomic mass is 9.87. The lowest BCUT2D eigenvalue weighted by molar-refractivity contribution is 0.0751. The van der Waals surface area contributed by atoms with E-state index in [0.717, 1.165) is 49.8 Å². The van der Waals surface area contributed by atoms with Crippen molar-refractivity contribution < 1.29 is 4.79 Å². The molecule has 0 bridgehead atoms. The summed E-state index contributed by atoms with van der Waals surface area (Å²) in [6.07, 6.45) is 4.86. The first-order valence-corrected chi connectivity index (χ1v) is 10.3. The van der Waals surface area contributed by atoms with Crippen molar-refractivity contribution in [3.8, 4) is 0 Å². The van der Waals surface area contributed by atoms with Gasteiger partial charge in [-0.1, -0.05) is 31.5 Å². The molecule has 1 fully saturated rings. The van der Waals surface area contributed by atoms with Crippen molar-refractivity contribution in [3.63, 3.8) is 0 Å². The molecule has 1 aliphatic heterocycles. The molecule has 1 aromatic heterocycles. The predicted molar refractivity (Wildman–Crippen MR) is 105 cm³/mol. The SMILES string of the molecule is CC[C@@H]1CCc2sc(C(=O)N3CCN(c4ccccc4)CC3)cc2C1. The van der Waals surface area contributed by atoms with Crippen molar-refractivity contribution in [1.82, 2.24) is 4.90 Å². The van der Waals surface area contributed by atoms with Crippen molar-refractivity contribution in [3.05, 3.63) is 51.7 Å². The van der Waals surface area contributed by atoms with E-state index in [4.69, 9.17) is 0 Å². The fraction of sp³-hybridized carbons (Fsp3) is 0.476. The molecule has 4 rings (SSSR count). The van der Waals surface area contributed by atoms with Gasteiger partial charge in [-0.3, -0.25) is 4.79 Å². The fourth-order valence-electron chi connectivity index (χ4n) is 4.02. The van der Waals surface area contributed by atoms with Crippen LogP contribution in [0.5, 0.6) is 0 Å². The second kappa shape index (κ2) is 7.20. The highest BCUT2D eigenvalue weighted by Crippen LogP contribution is 2.34. The zero-order chi connectivity index (χ0) is 17.2. The summed E-state index contributed by atoms with van der Waals surface area (Å²) < 4.78 is 0. The minimum atomic E-state index is 0.236. The molecule has 25 heavy (non-hydrogen) atoms. The summed E-state index contributed by atoms with van der Waals surface area (Å²) in [7, 11) is 0. The number of para-hydroxylation sites is 1. The van der Waals surface area contributed by atoms with E-state index in [0.29, 0.717) is 0 Å². The summed E-state index contributed by atoms with van der Waals surface area (Å²) >= 11 is 1.74. The molecule has 0 unspecified atom stereocenters. The Balaban J connectivity index is 1.40. The van der Waals surface area contributed by atoms with Gasteiger partial charge in [0.2, 0.25) is 0 Å². The third-order valence-corrected chi connectivity index (χ3v) is 6.89. The lowest BCUT2D eigenvalue weighted by Gasteiger charge is -2.36. The number of carbonyl (C=O) groups is 1. The molecule has 1 saturated heterocycles. The fourth-order valence-corrected chi connectivity index (χ4v) is 5.19. The lowest BCUT2D eigenvalue weighted by Crippen LogP contribution is -2.48. The average molecular weight is 355 g/mol. The number of piperazine rings is 1. The van der Waals surface area contributed by atoms with Crippen LogP contribution in [0.3, 0.4) is 0 Å². The number of rotatable bonds is 3. The maximum atomic E-state index is 12.9. The second-order valence-corrected chi connectivity index (χ2v) is 8.33. The van der Waals surface area contributed by atoms with Crippen molar-refractivity contribution in [2.24, 2.45) is 5.92 Å². The first kappa shape index (κ1) is 16.6. The van der Waals surface area contributed by atoms with Crippen LogP contribution in [0, 0.1) is 5.92 Å². The van der Waals surface area contributed by atoms with Crippen molar-refractivity contribution >= 4 is 22.9 Å². The van der Waals surface area contributed by atoms with E-state index in [2.05, 4.69) is 42.2 Å². The minimum Gasteiger partial charge on any atom is -0.368 e. The van der Waals surface area contributed by atoms with Crippen LogP contribution in [0.15, 0.2) is 36.4 Å². The minimum absolute atomic E-state index is 0.236.